The number of thiazole rings is 1. The third-order valence-electron chi connectivity index (χ3n) is 4.05. The molecule has 1 aliphatic heterocycles. The first-order valence-electron chi connectivity index (χ1n) is 7.95. The Hall–Kier alpha value is -2.09. The van der Waals surface area contributed by atoms with Crippen LogP contribution in [-0.4, -0.2) is 18.9 Å². The average Bonchev–Trinajstić information content (AvgIpc) is 3.39. The molecule has 5 nitrogen and oxygen atoms in total. The average molecular weight is 374 g/mol. The van der Waals surface area contributed by atoms with Crippen LogP contribution in [0.5, 0.6) is 17.2 Å². The molecule has 2 aromatic heterocycles. The van der Waals surface area contributed by atoms with Crippen LogP contribution in [0.3, 0.4) is 0 Å². The molecule has 7 heteroatoms. The van der Waals surface area contributed by atoms with Crippen molar-refractivity contribution in [1.29, 1.82) is 0 Å². The number of nitrogens with one attached hydrogen (secondary N) is 1. The quantitative estimate of drug-likeness (QED) is 0.677. The van der Waals surface area contributed by atoms with Gasteiger partial charge in [-0.25, -0.2) is 4.98 Å². The van der Waals surface area contributed by atoms with Crippen molar-refractivity contribution in [2.24, 2.45) is 0 Å². The first kappa shape index (κ1) is 16.4. The van der Waals surface area contributed by atoms with E-state index >= 15 is 0 Å². The molecule has 0 unspecified atom stereocenters. The number of ether oxygens (including phenoxy) is 3. The summed E-state index contributed by atoms with van der Waals surface area (Å²) in [5.41, 5.74) is 1.04. The van der Waals surface area contributed by atoms with Crippen molar-refractivity contribution in [2.75, 3.05) is 13.9 Å². The summed E-state index contributed by atoms with van der Waals surface area (Å²) in [7, 11) is 1.67. The predicted octanol–water partition coefficient (Wildman–Crippen LogP) is 4.02. The zero-order valence-electron chi connectivity index (χ0n) is 13.7. The van der Waals surface area contributed by atoms with E-state index in [1.54, 1.807) is 29.8 Å². The van der Waals surface area contributed by atoms with E-state index in [4.69, 9.17) is 14.2 Å². The Morgan fingerprint density at radius 2 is 2.12 bits per heavy atom. The largest absolute Gasteiger partial charge is 0.496 e. The third kappa shape index (κ3) is 3.63. The molecular weight excluding hydrogens is 356 g/mol. The zero-order chi connectivity index (χ0) is 17.1. The molecule has 1 N–H and O–H groups in total. The van der Waals surface area contributed by atoms with Gasteiger partial charge in [0.2, 0.25) is 6.79 Å². The van der Waals surface area contributed by atoms with Gasteiger partial charge in [0.15, 0.2) is 11.5 Å². The number of rotatable bonds is 7. The maximum atomic E-state index is 5.51. The van der Waals surface area contributed by atoms with E-state index in [-0.39, 0.29) is 12.8 Å². The van der Waals surface area contributed by atoms with Crippen LogP contribution in [0.1, 0.15) is 21.5 Å². The van der Waals surface area contributed by atoms with E-state index in [0.717, 1.165) is 34.2 Å². The molecule has 1 atom stereocenters. The lowest BCUT2D eigenvalue weighted by molar-refractivity contribution is 0.174. The number of nitrogens with zero attached hydrogens (tertiary/aromatic N) is 1. The molecule has 1 aromatic carbocycles. The van der Waals surface area contributed by atoms with Crippen LogP contribution in [0.4, 0.5) is 0 Å². The minimum Gasteiger partial charge on any atom is -0.496 e. The maximum absolute atomic E-state index is 5.51. The Labute approximate surface area is 154 Å². The van der Waals surface area contributed by atoms with Gasteiger partial charge in [0.25, 0.3) is 0 Å². The third-order valence-corrected chi connectivity index (χ3v) is 5.84. The minimum absolute atomic E-state index is 0.161. The highest BCUT2D eigenvalue weighted by Crippen LogP contribution is 2.38. The van der Waals surface area contributed by atoms with Crippen molar-refractivity contribution >= 4 is 22.7 Å². The minimum atomic E-state index is 0.161. The molecule has 3 aromatic rings. The molecule has 0 spiro atoms. The van der Waals surface area contributed by atoms with Gasteiger partial charge in [-0.15, -0.1) is 22.7 Å². The lowest BCUT2D eigenvalue weighted by Crippen LogP contribution is -2.23. The summed E-state index contributed by atoms with van der Waals surface area (Å²) in [6, 6.07) is 8.28. The summed E-state index contributed by atoms with van der Waals surface area (Å²) < 4.78 is 16.4. The van der Waals surface area contributed by atoms with Gasteiger partial charge in [-0.05, 0) is 17.5 Å². The first-order chi connectivity index (χ1) is 12.3. The van der Waals surface area contributed by atoms with Crippen LogP contribution < -0.4 is 19.5 Å². The fraction of sp³-hybridized carbons (Fsp3) is 0.278. The van der Waals surface area contributed by atoms with Gasteiger partial charge in [0, 0.05) is 41.0 Å². The highest BCUT2D eigenvalue weighted by atomic mass is 32.1. The molecule has 0 radical (unpaired) electrons. The second-order valence-corrected chi connectivity index (χ2v) is 7.56. The number of benzene rings is 1. The number of thiophene rings is 1. The van der Waals surface area contributed by atoms with Crippen LogP contribution >= 0.6 is 22.7 Å². The summed E-state index contributed by atoms with van der Waals surface area (Å²) in [6.07, 6.45) is 2.77. The van der Waals surface area contributed by atoms with Crippen LogP contribution in [0.15, 0.2) is 41.2 Å². The Balaban J connectivity index is 1.53. The molecule has 3 heterocycles. The van der Waals surface area contributed by atoms with Crippen LogP contribution in [-0.2, 0) is 13.0 Å². The highest BCUT2D eigenvalue weighted by Gasteiger charge is 2.20. The monoisotopic (exact) mass is 374 g/mol. The second kappa shape index (κ2) is 7.43. The van der Waals surface area contributed by atoms with Crippen LogP contribution in [0.25, 0.3) is 0 Å². The zero-order valence-corrected chi connectivity index (χ0v) is 15.4. The first-order valence-corrected chi connectivity index (χ1v) is 9.71. The van der Waals surface area contributed by atoms with Gasteiger partial charge >= 0.3 is 0 Å². The SMILES string of the molecule is COc1cc2c(cc1CN[C@@H](Cc1cccs1)c1nccs1)OCO2. The summed E-state index contributed by atoms with van der Waals surface area (Å²) in [6.45, 7) is 0.922. The van der Waals surface area contributed by atoms with Crippen LogP contribution in [0, 0.1) is 0 Å². The van der Waals surface area contributed by atoms with Crippen molar-refractivity contribution in [3.63, 3.8) is 0 Å². The summed E-state index contributed by atoms with van der Waals surface area (Å²) in [5.74, 6) is 2.29. The molecule has 4 rings (SSSR count). The Morgan fingerprint density at radius 3 is 2.84 bits per heavy atom. The fourth-order valence-electron chi connectivity index (χ4n) is 2.81. The summed E-state index contributed by atoms with van der Waals surface area (Å²) in [4.78, 5) is 5.83. The van der Waals surface area contributed by atoms with E-state index < -0.39 is 0 Å². The number of hydrogen-bond donors (Lipinski definition) is 1. The van der Waals surface area contributed by atoms with Crippen LogP contribution in [0.2, 0.25) is 0 Å². The molecular formula is C18H18N2O3S2. The lowest BCUT2D eigenvalue weighted by atomic mass is 10.1. The van der Waals surface area contributed by atoms with Gasteiger partial charge in [-0.1, -0.05) is 6.07 Å². The number of fused-ring (bicyclic) bond motifs is 1. The summed E-state index contributed by atoms with van der Waals surface area (Å²) >= 11 is 3.44. The molecule has 1 aliphatic rings. The van der Waals surface area contributed by atoms with Gasteiger partial charge < -0.3 is 19.5 Å². The smallest absolute Gasteiger partial charge is 0.231 e. The van der Waals surface area contributed by atoms with E-state index in [9.17, 15) is 0 Å². The highest BCUT2D eigenvalue weighted by molar-refractivity contribution is 7.10. The molecule has 25 heavy (non-hydrogen) atoms. The molecule has 0 amide bonds. The lowest BCUT2D eigenvalue weighted by Gasteiger charge is -2.17. The number of aromatic nitrogens is 1. The standard InChI is InChI=1S/C18H18N2O3S2/c1-21-15-9-17-16(22-11-23-17)7-12(15)10-20-14(18-19-4-6-25-18)8-13-3-2-5-24-13/h2-7,9,14,20H,8,10-11H2,1H3/t14-/m0/s1. The van der Waals surface area contributed by atoms with E-state index in [1.807, 2.05) is 23.7 Å². The van der Waals surface area contributed by atoms with E-state index in [1.165, 1.54) is 4.88 Å². The molecule has 0 saturated heterocycles. The maximum Gasteiger partial charge on any atom is 0.231 e. The Kier molecular flexibility index (Phi) is 4.87. The number of methoxy groups -OCH3 is 1. The molecule has 130 valence electrons. The van der Waals surface area contributed by atoms with Crippen molar-refractivity contribution in [3.8, 4) is 17.2 Å². The molecule has 0 aliphatic carbocycles. The predicted molar refractivity (Wildman–Crippen MR) is 98.8 cm³/mol. The molecule has 0 saturated carbocycles. The van der Waals surface area contributed by atoms with Crippen molar-refractivity contribution in [1.82, 2.24) is 10.3 Å². The van der Waals surface area contributed by atoms with Crippen molar-refractivity contribution in [3.05, 3.63) is 56.7 Å². The van der Waals surface area contributed by atoms with Crippen molar-refractivity contribution < 1.29 is 14.2 Å². The van der Waals surface area contributed by atoms with Gasteiger partial charge in [0.05, 0.1) is 13.2 Å². The van der Waals surface area contributed by atoms with Gasteiger partial charge in [-0.3, -0.25) is 0 Å². The van der Waals surface area contributed by atoms with Crippen molar-refractivity contribution in [2.45, 2.75) is 19.0 Å². The normalized spacial score (nSPS) is 13.8. The molecule has 0 fully saturated rings. The van der Waals surface area contributed by atoms with E-state index in [0.29, 0.717) is 6.54 Å². The molecule has 0 bridgehead atoms. The Morgan fingerprint density at radius 1 is 1.24 bits per heavy atom. The fourth-order valence-corrected chi connectivity index (χ4v) is 4.28. The van der Waals surface area contributed by atoms with E-state index in [2.05, 4.69) is 27.8 Å². The second-order valence-electron chi connectivity index (χ2n) is 5.60. The van der Waals surface area contributed by atoms with Gasteiger partial charge in [0.1, 0.15) is 10.8 Å². The van der Waals surface area contributed by atoms with Gasteiger partial charge in [-0.2, -0.15) is 0 Å². The summed E-state index contributed by atoms with van der Waals surface area (Å²) in [5, 5.41) is 8.83. The number of hydrogen-bond acceptors (Lipinski definition) is 7. The topological polar surface area (TPSA) is 52.6 Å². The Bertz CT molecular complexity index is 819.